The lowest BCUT2D eigenvalue weighted by Gasteiger charge is -2.08. The maximum atomic E-state index is 6.01. The van der Waals surface area contributed by atoms with Gasteiger partial charge < -0.3 is 10.3 Å². The van der Waals surface area contributed by atoms with Crippen molar-refractivity contribution in [3.8, 4) is 0 Å². The monoisotopic (exact) mass is 322 g/mol. The molecule has 2 aromatic heterocycles. The number of aromatic nitrogens is 3. The largest absolute Gasteiger partial charge is 0.369 e. The van der Waals surface area contributed by atoms with Gasteiger partial charge in [-0.25, -0.2) is 9.97 Å². The Balaban J connectivity index is 1.55. The number of hydrogen-bond donors (Lipinski definition) is 2. The van der Waals surface area contributed by atoms with Crippen LogP contribution in [0, 0.1) is 0 Å². The van der Waals surface area contributed by atoms with Crippen LogP contribution < -0.4 is 5.32 Å². The normalized spacial score (nSPS) is 11.2. The summed E-state index contributed by atoms with van der Waals surface area (Å²) < 4.78 is 0. The smallest absolute Gasteiger partial charge is 0.224 e. The van der Waals surface area contributed by atoms with Gasteiger partial charge in [-0.05, 0) is 41.8 Å². The van der Waals surface area contributed by atoms with Crippen LogP contribution in [-0.2, 0) is 6.42 Å². The summed E-state index contributed by atoms with van der Waals surface area (Å²) >= 11 is 6.01. The Kier molecular flexibility index (Phi) is 3.60. The molecule has 4 aromatic rings. The number of H-pyrrole nitrogens is 1. The van der Waals surface area contributed by atoms with Gasteiger partial charge in [0, 0.05) is 29.0 Å². The maximum absolute atomic E-state index is 6.01. The molecule has 23 heavy (non-hydrogen) atoms. The molecule has 0 radical (unpaired) electrons. The summed E-state index contributed by atoms with van der Waals surface area (Å²) in [7, 11) is 0. The second-order valence-corrected chi connectivity index (χ2v) is 5.73. The molecule has 0 saturated carbocycles. The van der Waals surface area contributed by atoms with Gasteiger partial charge in [-0.1, -0.05) is 30.3 Å². The van der Waals surface area contributed by atoms with E-state index in [0.717, 1.165) is 35.2 Å². The molecular weight excluding hydrogens is 308 g/mol. The van der Waals surface area contributed by atoms with Crippen molar-refractivity contribution in [2.75, 3.05) is 11.9 Å². The predicted molar refractivity (Wildman–Crippen MR) is 95.0 cm³/mol. The predicted octanol–water partition coefficient (Wildman–Crippen LogP) is 4.42. The van der Waals surface area contributed by atoms with Crippen molar-refractivity contribution in [2.24, 2.45) is 0 Å². The fraction of sp³-hybridized carbons (Fsp3) is 0.111. The highest BCUT2D eigenvalue weighted by molar-refractivity contribution is 6.28. The van der Waals surface area contributed by atoms with E-state index >= 15 is 0 Å². The van der Waals surface area contributed by atoms with E-state index in [1.54, 1.807) is 0 Å². The molecule has 0 unspecified atom stereocenters. The zero-order chi connectivity index (χ0) is 15.6. The average molecular weight is 323 g/mol. The molecule has 0 bridgehead atoms. The van der Waals surface area contributed by atoms with Gasteiger partial charge in [0.15, 0.2) is 0 Å². The van der Waals surface area contributed by atoms with Crippen LogP contribution in [0.4, 0.5) is 5.82 Å². The zero-order valence-corrected chi connectivity index (χ0v) is 13.1. The summed E-state index contributed by atoms with van der Waals surface area (Å²) in [6.07, 6.45) is 2.97. The van der Waals surface area contributed by atoms with E-state index < -0.39 is 0 Å². The Morgan fingerprint density at radius 2 is 1.74 bits per heavy atom. The van der Waals surface area contributed by atoms with E-state index in [4.69, 9.17) is 11.6 Å². The molecular formula is C18H15ClN4. The molecule has 0 spiro atoms. The number of hydrogen-bond acceptors (Lipinski definition) is 3. The Labute approximate surface area is 138 Å². The Bertz CT molecular complexity index is 977. The van der Waals surface area contributed by atoms with Gasteiger partial charge in [-0.2, -0.15) is 0 Å². The van der Waals surface area contributed by atoms with Crippen molar-refractivity contribution in [3.05, 3.63) is 65.6 Å². The number of benzene rings is 2. The van der Waals surface area contributed by atoms with Crippen molar-refractivity contribution in [1.29, 1.82) is 0 Å². The number of nitrogens with one attached hydrogen (secondary N) is 2. The third-order valence-electron chi connectivity index (χ3n) is 3.94. The zero-order valence-electron chi connectivity index (χ0n) is 12.4. The van der Waals surface area contributed by atoms with Crippen LogP contribution in [0.1, 0.15) is 5.56 Å². The van der Waals surface area contributed by atoms with E-state index in [1.165, 1.54) is 10.9 Å². The first-order valence-electron chi connectivity index (χ1n) is 7.52. The van der Waals surface area contributed by atoms with E-state index in [9.17, 15) is 0 Å². The molecule has 2 N–H and O–H groups in total. The van der Waals surface area contributed by atoms with E-state index in [2.05, 4.69) is 44.7 Å². The van der Waals surface area contributed by atoms with Gasteiger partial charge in [0.1, 0.15) is 5.82 Å². The molecule has 4 rings (SSSR count). The van der Waals surface area contributed by atoms with Crippen LogP contribution in [0.2, 0.25) is 5.28 Å². The first-order valence-corrected chi connectivity index (χ1v) is 7.90. The number of para-hydroxylation sites is 2. The van der Waals surface area contributed by atoms with Gasteiger partial charge in [-0.15, -0.1) is 0 Å². The minimum absolute atomic E-state index is 0.262. The van der Waals surface area contributed by atoms with Crippen molar-refractivity contribution in [3.63, 3.8) is 0 Å². The molecule has 4 nitrogen and oxygen atoms in total. The summed E-state index contributed by atoms with van der Waals surface area (Å²) in [5.74, 6) is 0.778. The molecule has 2 heterocycles. The summed E-state index contributed by atoms with van der Waals surface area (Å²) in [4.78, 5) is 11.9. The third kappa shape index (κ3) is 2.73. The standard InChI is InChI=1S/C18H15ClN4/c19-18-22-16-8-4-2-6-14(16)17(23-18)20-10-9-12-11-21-15-7-3-1-5-13(12)15/h1-8,11,21H,9-10H2,(H,20,22,23). The second kappa shape index (κ2) is 5.89. The first-order chi connectivity index (χ1) is 11.3. The lowest BCUT2D eigenvalue weighted by Crippen LogP contribution is -2.07. The van der Waals surface area contributed by atoms with Crippen LogP contribution in [0.5, 0.6) is 0 Å². The number of aromatic amines is 1. The summed E-state index contributed by atoms with van der Waals surface area (Å²) in [6.45, 7) is 0.777. The van der Waals surface area contributed by atoms with Gasteiger partial charge in [0.05, 0.1) is 5.52 Å². The van der Waals surface area contributed by atoms with Crippen molar-refractivity contribution in [2.45, 2.75) is 6.42 Å². The average Bonchev–Trinajstić information content (AvgIpc) is 2.98. The molecule has 0 aliphatic rings. The molecule has 114 valence electrons. The number of halogens is 1. The minimum Gasteiger partial charge on any atom is -0.369 e. The Morgan fingerprint density at radius 1 is 0.957 bits per heavy atom. The number of fused-ring (bicyclic) bond motifs is 2. The first kappa shape index (κ1) is 14.0. The third-order valence-corrected chi connectivity index (χ3v) is 4.11. The highest BCUT2D eigenvalue weighted by Gasteiger charge is 2.07. The topological polar surface area (TPSA) is 53.6 Å². The number of nitrogens with zero attached hydrogens (tertiary/aromatic N) is 2. The lowest BCUT2D eigenvalue weighted by molar-refractivity contribution is 1.01. The van der Waals surface area contributed by atoms with E-state index in [1.807, 2.05) is 30.3 Å². The summed E-state index contributed by atoms with van der Waals surface area (Å²) in [5, 5.41) is 5.89. The fourth-order valence-electron chi connectivity index (χ4n) is 2.84. The highest BCUT2D eigenvalue weighted by Crippen LogP contribution is 2.22. The molecule has 2 aromatic carbocycles. The van der Waals surface area contributed by atoms with Gasteiger partial charge in [-0.3, -0.25) is 0 Å². The van der Waals surface area contributed by atoms with Gasteiger partial charge in [0.2, 0.25) is 5.28 Å². The molecule has 0 aliphatic heterocycles. The molecule has 0 fully saturated rings. The lowest BCUT2D eigenvalue weighted by atomic mass is 10.1. The minimum atomic E-state index is 0.262. The van der Waals surface area contributed by atoms with Crippen molar-refractivity contribution >= 4 is 39.2 Å². The molecule has 0 saturated heterocycles. The van der Waals surface area contributed by atoms with Gasteiger partial charge >= 0.3 is 0 Å². The maximum Gasteiger partial charge on any atom is 0.224 e. The van der Waals surface area contributed by atoms with E-state index in [-0.39, 0.29) is 5.28 Å². The van der Waals surface area contributed by atoms with Gasteiger partial charge in [0.25, 0.3) is 0 Å². The Morgan fingerprint density at radius 3 is 2.65 bits per heavy atom. The number of anilines is 1. The van der Waals surface area contributed by atoms with Crippen LogP contribution in [0.15, 0.2) is 54.7 Å². The second-order valence-electron chi connectivity index (χ2n) is 5.39. The summed E-state index contributed by atoms with van der Waals surface area (Å²) in [5.41, 5.74) is 3.30. The van der Waals surface area contributed by atoms with Crippen LogP contribution in [0.3, 0.4) is 0 Å². The van der Waals surface area contributed by atoms with Crippen LogP contribution in [0.25, 0.3) is 21.8 Å². The molecule has 0 atom stereocenters. The van der Waals surface area contributed by atoms with E-state index in [0.29, 0.717) is 0 Å². The molecule has 5 heteroatoms. The fourth-order valence-corrected chi connectivity index (χ4v) is 3.01. The summed E-state index contributed by atoms with van der Waals surface area (Å²) in [6, 6.07) is 16.2. The highest BCUT2D eigenvalue weighted by atomic mass is 35.5. The van der Waals surface area contributed by atoms with Crippen molar-refractivity contribution < 1.29 is 0 Å². The number of rotatable bonds is 4. The SMILES string of the molecule is Clc1nc(NCCc2c[nH]c3ccccc23)c2ccccc2n1. The van der Waals surface area contributed by atoms with Crippen LogP contribution in [-0.4, -0.2) is 21.5 Å². The quantitative estimate of drug-likeness (QED) is 0.547. The molecule has 0 amide bonds. The van der Waals surface area contributed by atoms with Crippen LogP contribution >= 0.6 is 11.6 Å². The Hall–Kier alpha value is -2.59. The van der Waals surface area contributed by atoms with Crippen molar-refractivity contribution in [1.82, 2.24) is 15.0 Å². The molecule has 0 aliphatic carbocycles.